The summed E-state index contributed by atoms with van der Waals surface area (Å²) in [6.45, 7) is 2.09. The fourth-order valence-corrected chi connectivity index (χ4v) is 2.05. The van der Waals surface area contributed by atoms with Crippen molar-refractivity contribution in [1.29, 1.82) is 0 Å². The summed E-state index contributed by atoms with van der Waals surface area (Å²) in [7, 11) is 0. The maximum Gasteiger partial charge on any atom is 0.220 e. The maximum atomic E-state index is 11.7. The van der Waals surface area contributed by atoms with Crippen molar-refractivity contribution in [2.45, 2.75) is 38.6 Å². The van der Waals surface area contributed by atoms with E-state index in [1.807, 2.05) is 24.3 Å². The molecule has 4 heteroatoms. The summed E-state index contributed by atoms with van der Waals surface area (Å²) in [5, 5.41) is 3.05. The Morgan fingerprint density at radius 1 is 1.44 bits per heavy atom. The average molecular weight is 269 g/mol. The molecule has 1 amide bonds. The van der Waals surface area contributed by atoms with Crippen molar-refractivity contribution >= 4 is 24.0 Å². The van der Waals surface area contributed by atoms with E-state index in [9.17, 15) is 4.79 Å². The molecule has 0 spiro atoms. The molecule has 0 bridgehead atoms. The van der Waals surface area contributed by atoms with Gasteiger partial charge in [0.15, 0.2) is 0 Å². The van der Waals surface area contributed by atoms with Crippen molar-refractivity contribution in [3.8, 4) is 0 Å². The molecule has 0 saturated heterocycles. The van der Waals surface area contributed by atoms with Crippen molar-refractivity contribution in [2.75, 3.05) is 5.73 Å². The number of benzene rings is 1. The molecule has 0 aromatic heterocycles. The first-order valence-corrected chi connectivity index (χ1v) is 6.29. The van der Waals surface area contributed by atoms with Crippen molar-refractivity contribution in [2.24, 2.45) is 5.92 Å². The summed E-state index contributed by atoms with van der Waals surface area (Å²) in [5.41, 5.74) is 7.67. The van der Waals surface area contributed by atoms with Crippen LogP contribution in [-0.4, -0.2) is 11.9 Å². The molecule has 1 aromatic carbocycles. The van der Waals surface area contributed by atoms with Gasteiger partial charge in [0.1, 0.15) is 0 Å². The second kappa shape index (κ2) is 6.64. The lowest BCUT2D eigenvalue weighted by Crippen LogP contribution is -2.34. The molecule has 0 heterocycles. The summed E-state index contributed by atoms with van der Waals surface area (Å²) >= 11 is 0. The Morgan fingerprint density at radius 2 is 2.11 bits per heavy atom. The van der Waals surface area contributed by atoms with E-state index < -0.39 is 0 Å². The summed E-state index contributed by atoms with van der Waals surface area (Å²) in [6.07, 6.45) is 3.75. The van der Waals surface area contributed by atoms with Crippen LogP contribution in [0.3, 0.4) is 0 Å². The summed E-state index contributed by atoms with van der Waals surface area (Å²) in [4.78, 5) is 11.7. The Bertz CT molecular complexity index is 405. The largest absolute Gasteiger partial charge is 0.399 e. The number of halogens is 1. The normalized spacial score (nSPS) is 15.6. The quantitative estimate of drug-likeness (QED) is 0.807. The van der Waals surface area contributed by atoms with Crippen LogP contribution in [0.1, 0.15) is 31.7 Å². The molecule has 1 aliphatic carbocycles. The molecule has 0 radical (unpaired) electrons. The van der Waals surface area contributed by atoms with E-state index in [1.165, 1.54) is 12.8 Å². The Kier molecular flexibility index (Phi) is 5.48. The molecule has 100 valence electrons. The summed E-state index contributed by atoms with van der Waals surface area (Å²) in [5.74, 6) is 0.841. The number of hydrogen-bond acceptors (Lipinski definition) is 2. The monoisotopic (exact) mass is 268 g/mol. The highest BCUT2D eigenvalue weighted by Crippen LogP contribution is 2.32. The Balaban J connectivity index is 0.00000162. The molecule has 1 aromatic rings. The van der Waals surface area contributed by atoms with Gasteiger partial charge in [-0.25, -0.2) is 0 Å². The highest BCUT2D eigenvalue weighted by atomic mass is 35.5. The number of carbonyl (C=O) groups is 1. The number of rotatable bonds is 5. The van der Waals surface area contributed by atoms with Crippen molar-refractivity contribution in [3.63, 3.8) is 0 Å². The number of nitrogens with two attached hydrogens (primary N) is 1. The molecule has 1 aliphatic rings. The topological polar surface area (TPSA) is 55.1 Å². The van der Waals surface area contributed by atoms with Crippen molar-refractivity contribution < 1.29 is 4.79 Å². The van der Waals surface area contributed by atoms with Crippen LogP contribution in [-0.2, 0) is 11.2 Å². The van der Waals surface area contributed by atoms with Gasteiger partial charge >= 0.3 is 0 Å². The van der Waals surface area contributed by atoms with Crippen LogP contribution in [0.4, 0.5) is 5.69 Å². The van der Waals surface area contributed by atoms with Crippen LogP contribution < -0.4 is 11.1 Å². The fraction of sp³-hybridized carbons (Fsp3) is 0.500. The van der Waals surface area contributed by atoms with E-state index in [0.717, 1.165) is 17.7 Å². The minimum Gasteiger partial charge on any atom is -0.399 e. The van der Waals surface area contributed by atoms with E-state index >= 15 is 0 Å². The van der Waals surface area contributed by atoms with E-state index in [2.05, 4.69) is 12.2 Å². The third kappa shape index (κ3) is 4.22. The second-order valence-corrected chi connectivity index (χ2v) is 4.89. The van der Waals surface area contributed by atoms with Crippen molar-refractivity contribution in [1.82, 2.24) is 5.32 Å². The number of carbonyl (C=O) groups excluding carboxylic acids is 1. The second-order valence-electron chi connectivity index (χ2n) is 4.89. The lowest BCUT2D eigenvalue weighted by atomic mass is 10.1. The predicted molar refractivity (Wildman–Crippen MR) is 76.8 cm³/mol. The average Bonchev–Trinajstić information content (AvgIpc) is 3.11. The smallest absolute Gasteiger partial charge is 0.220 e. The molecule has 1 fully saturated rings. The molecular weight excluding hydrogens is 248 g/mol. The molecule has 3 N–H and O–H groups in total. The number of aryl methyl sites for hydroxylation is 1. The summed E-state index contributed by atoms with van der Waals surface area (Å²) < 4.78 is 0. The zero-order chi connectivity index (χ0) is 12.3. The van der Waals surface area contributed by atoms with Crippen LogP contribution in [0.5, 0.6) is 0 Å². The third-order valence-corrected chi connectivity index (χ3v) is 3.39. The molecule has 1 atom stereocenters. The van der Waals surface area contributed by atoms with Crippen LogP contribution >= 0.6 is 12.4 Å². The standard InChI is InChI=1S/C14H20N2O.ClH/c1-10(11-6-7-11)16-14(17)9-8-12-4-2-3-5-13(12)15;/h2-5,10-11H,6-9,15H2,1H3,(H,16,17);1H. The molecule has 18 heavy (non-hydrogen) atoms. The van der Waals surface area contributed by atoms with Gasteiger partial charge in [-0.2, -0.15) is 0 Å². The van der Waals surface area contributed by atoms with Gasteiger partial charge in [0.2, 0.25) is 5.91 Å². The zero-order valence-corrected chi connectivity index (χ0v) is 11.5. The van der Waals surface area contributed by atoms with Crippen LogP contribution in [0, 0.1) is 5.92 Å². The molecule has 2 rings (SSSR count). The number of nitrogen functional groups attached to an aromatic ring is 1. The number of hydrogen-bond donors (Lipinski definition) is 2. The van der Waals surface area contributed by atoms with Gasteiger partial charge in [-0.3, -0.25) is 4.79 Å². The van der Waals surface area contributed by atoms with Gasteiger partial charge in [-0.15, -0.1) is 12.4 Å². The molecular formula is C14H21ClN2O. The first kappa shape index (κ1) is 14.8. The Labute approximate surface area is 115 Å². The van der Waals surface area contributed by atoms with Gasteiger partial charge in [0, 0.05) is 18.2 Å². The first-order chi connectivity index (χ1) is 8.16. The minimum atomic E-state index is 0. The predicted octanol–water partition coefficient (Wildman–Crippen LogP) is 2.54. The van der Waals surface area contributed by atoms with E-state index in [-0.39, 0.29) is 18.3 Å². The highest BCUT2D eigenvalue weighted by molar-refractivity contribution is 5.85. The van der Waals surface area contributed by atoms with Crippen LogP contribution in [0.2, 0.25) is 0 Å². The number of para-hydroxylation sites is 1. The van der Waals surface area contributed by atoms with Crippen LogP contribution in [0.15, 0.2) is 24.3 Å². The Hall–Kier alpha value is -1.22. The fourth-order valence-electron chi connectivity index (χ4n) is 2.05. The molecule has 3 nitrogen and oxygen atoms in total. The van der Waals surface area contributed by atoms with E-state index in [4.69, 9.17) is 5.73 Å². The van der Waals surface area contributed by atoms with Gasteiger partial charge in [-0.05, 0) is 43.7 Å². The highest BCUT2D eigenvalue weighted by Gasteiger charge is 2.28. The lowest BCUT2D eigenvalue weighted by Gasteiger charge is -2.12. The first-order valence-electron chi connectivity index (χ1n) is 6.29. The van der Waals surface area contributed by atoms with Gasteiger partial charge < -0.3 is 11.1 Å². The van der Waals surface area contributed by atoms with E-state index in [0.29, 0.717) is 18.4 Å². The molecule has 1 saturated carbocycles. The molecule has 0 aliphatic heterocycles. The Morgan fingerprint density at radius 3 is 2.72 bits per heavy atom. The summed E-state index contributed by atoms with van der Waals surface area (Å²) in [6, 6.07) is 8.05. The van der Waals surface area contributed by atoms with Crippen molar-refractivity contribution in [3.05, 3.63) is 29.8 Å². The van der Waals surface area contributed by atoms with Gasteiger partial charge in [0.25, 0.3) is 0 Å². The number of anilines is 1. The maximum absolute atomic E-state index is 11.7. The van der Waals surface area contributed by atoms with Gasteiger partial charge in [-0.1, -0.05) is 18.2 Å². The molecule has 1 unspecified atom stereocenters. The minimum absolute atomic E-state index is 0. The zero-order valence-electron chi connectivity index (χ0n) is 10.7. The third-order valence-electron chi connectivity index (χ3n) is 3.39. The lowest BCUT2D eigenvalue weighted by molar-refractivity contribution is -0.121. The van der Waals surface area contributed by atoms with Crippen LogP contribution in [0.25, 0.3) is 0 Å². The SMILES string of the molecule is CC(NC(=O)CCc1ccccc1N)C1CC1.Cl. The number of amides is 1. The van der Waals surface area contributed by atoms with E-state index in [1.54, 1.807) is 0 Å². The number of nitrogens with one attached hydrogen (secondary N) is 1. The van der Waals surface area contributed by atoms with Gasteiger partial charge in [0.05, 0.1) is 0 Å².